The molecule has 0 saturated heterocycles. The summed E-state index contributed by atoms with van der Waals surface area (Å²) in [5, 5.41) is 2.90. The van der Waals surface area contributed by atoms with Crippen molar-refractivity contribution in [3.05, 3.63) is 88.0 Å². The third-order valence-corrected chi connectivity index (χ3v) is 4.68. The van der Waals surface area contributed by atoms with Crippen LogP contribution in [-0.2, 0) is 0 Å². The first-order chi connectivity index (χ1) is 12.3. The molecule has 3 aromatic carbocycles. The minimum Gasteiger partial charge on any atom is -0.491 e. The van der Waals surface area contributed by atoms with Crippen LogP contribution in [0.25, 0.3) is 11.1 Å². The monoisotopic (exact) mass is 443 g/mol. The van der Waals surface area contributed by atoms with Gasteiger partial charge in [0.1, 0.15) is 12.4 Å². The number of carbonyl (C=O) groups excluding carboxylic acids is 1. The maximum absolute atomic E-state index is 12.2. The van der Waals surface area contributed by atoms with Gasteiger partial charge in [0.2, 0.25) is 0 Å². The maximum atomic E-state index is 12.2. The molecule has 3 rings (SSSR count). The van der Waals surface area contributed by atoms with E-state index in [0.717, 1.165) is 20.4 Å². The van der Waals surface area contributed by atoms with Crippen molar-refractivity contribution in [2.45, 2.75) is 0 Å². The smallest absolute Gasteiger partial charge is 0.252 e. The molecule has 0 unspecified atom stereocenters. The van der Waals surface area contributed by atoms with E-state index in [-0.39, 0.29) is 5.91 Å². The van der Waals surface area contributed by atoms with Gasteiger partial charge in [0.15, 0.2) is 0 Å². The van der Waals surface area contributed by atoms with Gasteiger partial charge >= 0.3 is 0 Å². The second-order valence-corrected chi connectivity index (χ2v) is 6.61. The van der Waals surface area contributed by atoms with Crippen LogP contribution < -0.4 is 10.1 Å². The van der Waals surface area contributed by atoms with Gasteiger partial charge in [-0.2, -0.15) is 0 Å². The van der Waals surface area contributed by atoms with Crippen LogP contribution in [0.5, 0.6) is 5.75 Å². The fourth-order valence-corrected chi connectivity index (χ4v) is 3.15. The fraction of sp³-hybridized carbons (Fsp3) is 0.0952. The standard InChI is InChI=1S/C21H18INO2/c22-19-12-6-4-11-18(19)21(24)23-14-15-25-20-13-7-5-10-17(20)16-8-2-1-3-9-16/h1-13H,14-15H2,(H,23,24). The molecule has 0 aromatic heterocycles. The molecule has 1 N–H and O–H groups in total. The second kappa shape index (κ2) is 8.67. The molecular formula is C21H18INO2. The quantitative estimate of drug-likeness (QED) is 0.441. The van der Waals surface area contributed by atoms with E-state index >= 15 is 0 Å². The highest BCUT2D eigenvalue weighted by Gasteiger charge is 2.09. The summed E-state index contributed by atoms with van der Waals surface area (Å²) in [5.41, 5.74) is 2.85. The highest BCUT2D eigenvalue weighted by atomic mass is 127. The molecule has 0 radical (unpaired) electrons. The van der Waals surface area contributed by atoms with E-state index in [0.29, 0.717) is 18.7 Å². The van der Waals surface area contributed by atoms with E-state index < -0.39 is 0 Å². The second-order valence-electron chi connectivity index (χ2n) is 5.45. The first kappa shape index (κ1) is 17.5. The average molecular weight is 443 g/mol. The van der Waals surface area contributed by atoms with Gasteiger partial charge in [0.05, 0.1) is 12.1 Å². The number of ether oxygens (including phenoxy) is 1. The third kappa shape index (κ3) is 4.60. The Bertz CT molecular complexity index is 849. The lowest BCUT2D eigenvalue weighted by Crippen LogP contribution is -2.28. The normalized spacial score (nSPS) is 10.3. The zero-order valence-corrected chi connectivity index (χ0v) is 15.8. The summed E-state index contributed by atoms with van der Waals surface area (Å²) in [4.78, 5) is 12.2. The number of benzene rings is 3. The Morgan fingerprint density at radius 1 is 0.880 bits per heavy atom. The van der Waals surface area contributed by atoms with E-state index in [1.165, 1.54) is 0 Å². The molecule has 0 aliphatic rings. The molecule has 0 saturated carbocycles. The molecule has 4 heteroatoms. The molecule has 0 spiro atoms. The zero-order chi connectivity index (χ0) is 17.5. The Kier molecular flexibility index (Phi) is 6.06. The molecule has 1 amide bonds. The number of hydrogen-bond donors (Lipinski definition) is 1. The van der Waals surface area contributed by atoms with E-state index in [4.69, 9.17) is 4.74 Å². The number of rotatable bonds is 6. The van der Waals surface area contributed by atoms with E-state index in [1.54, 1.807) is 0 Å². The number of amides is 1. The molecule has 0 bridgehead atoms. The van der Waals surface area contributed by atoms with Crippen molar-refractivity contribution in [1.82, 2.24) is 5.32 Å². The van der Waals surface area contributed by atoms with Gasteiger partial charge in [-0.3, -0.25) is 4.79 Å². The summed E-state index contributed by atoms with van der Waals surface area (Å²) in [5.74, 6) is 0.738. The van der Waals surface area contributed by atoms with Crippen molar-refractivity contribution in [1.29, 1.82) is 0 Å². The van der Waals surface area contributed by atoms with Crippen LogP contribution in [0.1, 0.15) is 10.4 Å². The maximum Gasteiger partial charge on any atom is 0.252 e. The first-order valence-electron chi connectivity index (χ1n) is 8.05. The zero-order valence-electron chi connectivity index (χ0n) is 13.6. The van der Waals surface area contributed by atoms with Gasteiger partial charge < -0.3 is 10.1 Å². The lowest BCUT2D eigenvalue weighted by molar-refractivity contribution is 0.0946. The molecule has 0 aliphatic heterocycles. The van der Waals surface area contributed by atoms with E-state index in [2.05, 4.69) is 40.0 Å². The van der Waals surface area contributed by atoms with Crippen LogP contribution in [0.2, 0.25) is 0 Å². The van der Waals surface area contributed by atoms with Crippen molar-refractivity contribution >= 4 is 28.5 Å². The topological polar surface area (TPSA) is 38.3 Å². The van der Waals surface area contributed by atoms with E-state index in [1.807, 2.05) is 66.7 Å². The number of nitrogens with one attached hydrogen (secondary N) is 1. The van der Waals surface area contributed by atoms with Gasteiger partial charge in [-0.25, -0.2) is 0 Å². The Labute approximate surface area is 161 Å². The number of hydrogen-bond acceptors (Lipinski definition) is 2. The molecule has 0 aliphatic carbocycles. The molecule has 0 heterocycles. The average Bonchev–Trinajstić information content (AvgIpc) is 2.66. The molecule has 25 heavy (non-hydrogen) atoms. The Morgan fingerprint density at radius 3 is 2.36 bits per heavy atom. The Hall–Kier alpha value is -2.34. The van der Waals surface area contributed by atoms with E-state index in [9.17, 15) is 4.79 Å². The largest absolute Gasteiger partial charge is 0.491 e. The minimum atomic E-state index is -0.0788. The number of para-hydroxylation sites is 1. The van der Waals surface area contributed by atoms with Crippen molar-refractivity contribution in [2.24, 2.45) is 0 Å². The molecule has 126 valence electrons. The van der Waals surface area contributed by atoms with Crippen molar-refractivity contribution in [3.63, 3.8) is 0 Å². The SMILES string of the molecule is O=C(NCCOc1ccccc1-c1ccccc1)c1ccccc1I. The Balaban J connectivity index is 1.58. The predicted octanol–water partition coefficient (Wildman–Crippen LogP) is 4.77. The van der Waals surface area contributed by atoms with Gasteiger partial charge in [-0.1, -0.05) is 60.7 Å². The van der Waals surface area contributed by atoms with Crippen LogP contribution in [0.4, 0.5) is 0 Å². The van der Waals surface area contributed by atoms with Crippen molar-refractivity contribution in [3.8, 4) is 16.9 Å². The highest BCUT2D eigenvalue weighted by Crippen LogP contribution is 2.29. The molecule has 3 nitrogen and oxygen atoms in total. The van der Waals surface area contributed by atoms with Crippen LogP contribution in [0, 0.1) is 3.57 Å². The van der Waals surface area contributed by atoms with Crippen molar-refractivity contribution < 1.29 is 9.53 Å². The molecule has 0 atom stereocenters. The molecule has 3 aromatic rings. The van der Waals surface area contributed by atoms with Gasteiger partial charge in [-0.15, -0.1) is 0 Å². The summed E-state index contributed by atoms with van der Waals surface area (Å²) in [7, 11) is 0. The summed E-state index contributed by atoms with van der Waals surface area (Å²) in [6, 6.07) is 25.6. The highest BCUT2D eigenvalue weighted by molar-refractivity contribution is 14.1. The predicted molar refractivity (Wildman–Crippen MR) is 109 cm³/mol. The fourth-order valence-electron chi connectivity index (χ4n) is 2.51. The Morgan fingerprint density at radius 2 is 1.56 bits per heavy atom. The summed E-state index contributed by atoms with van der Waals surface area (Å²) in [6.45, 7) is 0.867. The lowest BCUT2D eigenvalue weighted by Gasteiger charge is -2.12. The van der Waals surface area contributed by atoms with Gasteiger partial charge in [-0.05, 0) is 46.4 Å². The van der Waals surface area contributed by atoms with Crippen LogP contribution in [0.15, 0.2) is 78.9 Å². The van der Waals surface area contributed by atoms with Gasteiger partial charge in [0, 0.05) is 9.13 Å². The summed E-state index contributed by atoms with van der Waals surface area (Å²) in [6.07, 6.45) is 0. The van der Waals surface area contributed by atoms with Crippen LogP contribution in [-0.4, -0.2) is 19.1 Å². The lowest BCUT2D eigenvalue weighted by atomic mass is 10.1. The number of carbonyl (C=O) groups is 1. The van der Waals surface area contributed by atoms with Crippen LogP contribution >= 0.6 is 22.6 Å². The minimum absolute atomic E-state index is 0.0788. The summed E-state index contributed by atoms with van der Waals surface area (Å²) >= 11 is 2.16. The first-order valence-corrected chi connectivity index (χ1v) is 9.13. The number of halogens is 1. The van der Waals surface area contributed by atoms with Crippen LogP contribution in [0.3, 0.4) is 0 Å². The van der Waals surface area contributed by atoms with Crippen molar-refractivity contribution in [2.75, 3.05) is 13.2 Å². The molecule has 0 fully saturated rings. The summed E-state index contributed by atoms with van der Waals surface area (Å²) < 4.78 is 6.83. The third-order valence-electron chi connectivity index (χ3n) is 3.74. The van der Waals surface area contributed by atoms with Gasteiger partial charge in [0.25, 0.3) is 5.91 Å². The molecular weight excluding hydrogens is 425 g/mol.